The molecule has 6 nitrogen and oxygen atoms in total. The third-order valence-electron chi connectivity index (χ3n) is 4.44. The van der Waals surface area contributed by atoms with Gasteiger partial charge in [0, 0.05) is 25.2 Å². The topological polar surface area (TPSA) is 67.5 Å². The maximum absolute atomic E-state index is 12.9. The van der Waals surface area contributed by atoms with Gasteiger partial charge in [-0.05, 0) is 38.0 Å². The Morgan fingerprint density at radius 2 is 1.89 bits per heavy atom. The van der Waals surface area contributed by atoms with E-state index in [1.807, 2.05) is 41.9 Å². The molecule has 1 aromatic carbocycles. The van der Waals surface area contributed by atoms with Crippen molar-refractivity contribution < 1.29 is 22.6 Å². The first-order valence-electron chi connectivity index (χ1n) is 9.12. The third kappa shape index (κ3) is 4.46. The number of benzene rings is 1. The molecule has 0 saturated heterocycles. The van der Waals surface area contributed by atoms with Gasteiger partial charge in [0.05, 0.1) is 18.9 Å². The average Bonchev–Trinajstić information content (AvgIpc) is 2.63. The number of nitrogens with one attached hydrogen (secondary N) is 1. The second kappa shape index (κ2) is 8.22. The van der Waals surface area contributed by atoms with Crippen LogP contribution in [0.5, 0.6) is 11.5 Å². The van der Waals surface area contributed by atoms with Crippen molar-refractivity contribution in [2.24, 2.45) is 0 Å². The molecule has 28 heavy (non-hydrogen) atoms. The molecule has 1 aliphatic rings. The number of halogens is 3. The monoisotopic (exact) mass is 397 g/mol. The Hall–Kier alpha value is -2.55. The second-order valence-electron chi connectivity index (χ2n) is 6.45. The fourth-order valence-corrected chi connectivity index (χ4v) is 3.22. The highest BCUT2D eigenvalue weighted by Crippen LogP contribution is 2.30. The number of ether oxygens (including phenoxy) is 2. The summed E-state index contributed by atoms with van der Waals surface area (Å²) in [5, 5.41) is 0. The van der Waals surface area contributed by atoms with E-state index in [0.29, 0.717) is 49.8 Å². The van der Waals surface area contributed by atoms with Crippen molar-refractivity contribution in [1.82, 2.24) is 14.9 Å². The Bertz CT molecular complexity index is 896. The number of hydrogen-bond acceptors (Lipinski definition) is 5. The van der Waals surface area contributed by atoms with Gasteiger partial charge in [-0.2, -0.15) is 13.2 Å². The minimum atomic E-state index is -4.68. The van der Waals surface area contributed by atoms with Crippen molar-refractivity contribution in [2.45, 2.75) is 39.5 Å². The van der Waals surface area contributed by atoms with Crippen LogP contribution < -0.4 is 15.0 Å². The largest absolute Gasteiger partial charge is 0.490 e. The van der Waals surface area contributed by atoms with Crippen LogP contribution in [0.2, 0.25) is 0 Å². The molecule has 3 rings (SSSR count). The number of fused-ring (bicyclic) bond motifs is 1. The molecule has 9 heteroatoms. The lowest BCUT2D eigenvalue weighted by molar-refractivity contribution is -0.145. The van der Waals surface area contributed by atoms with Crippen molar-refractivity contribution in [1.29, 1.82) is 0 Å². The summed E-state index contributed by atoms with van der Waals surface area (Å²) in [5.41, 5.74) is 0.733. The van der Waals surface area contributed by atoms with E-state index in [0.717, 1.165) is 5.56 Å². The summed E-state index contributed by atoms with van der Waals surface area (Å²) < 4.78 is 49.9. The van der Waals surface area contributed by atoms with E-state index in [9.17, 15) is 18.0 Å². The summed E-state index contributed by atoms with van der Waals surface area (Å²) in [6.07, 6.45) is -4.33. The molecule has 0 fully saturated rings. The van der Waals surface area contributed by atoms with Crippen LogP contribution in [-0.2, 0) is 25.7 Å². The Labute approximate surface area is 160 Å². The van der Waals surface area contributed by atoms with Crippen molar-refractivity contribution in [3.63, 3.8) is 0 Å². The van der Waals surface area contributed by atoms with Gasteiger partial charge in [0.1, 0.15) is 0 Å². The van der Waals surface area contributed by atoms with Crippen LogP contribution >= 0.6 is 0 Å². The van der Waals surface area contributed by atoms with Gasteiger partial charge in [-0.15, -0.1) is 0 Å². The van der Waals surface area contributed by atoms with E-state index < -0.39 is 17.6 Å². The highest BCUT2D eigenvalue weighted by atomic mass is 19.4. The lowest BCUT2D eigenvalue weighted by Crippen LogP contribution is -2.36. The van der Waals surface area contributed by atoms with Crippen molar-refractivity contribution >= 4 is 0 Å². The Kier molecular flexibility index (Phi) is 5.93. The molecule has 0 radical (unpaired) electrons. The van der Waals surface area contributed by atoms with E-state index in [1.54, 1.807) is 0 Å². The number of hydrogen-bond donors (Lipinski definition) is 1. The van der Waals surface area contributed by atoms with E-state index in [4.69, 9.17) is 9.47 Å². The number of nitrogens with zero attached hydrogens (tertiary/aromatic N) is 2. The maximum atomic E-state index is 12.9. The minimum absolute atomic E-state index is 0.179. The van der Waals surface area contributed by atoms with Gasteiger partial charge in [-0.25, -0.2) is 4.98 Å². The van der Waals surface area contributed by atoms with Gasteiger partial charge in [-0.3, -0.25) is 9.69 Å². The number of aromatic nitrogens is 2. The predicted octanol–water partition coefficient (Wildman–Crippen LogP) is 3.14. The maximum Gasteiger partial charge on any atom is 0.449 e. The summed E-state index contributed by atoms with van der Waals surface area (Å²) in [4.78, 5) is 19.4. The molecular formula is C19H22F3N3O3. The van der Waals surface area contributed by atoms with Crippen LogP contribution in [0.4, 0.5) is 13.2 Å². The average molecular weight is 397 g/mol. The molecule has 1 N–H and O–H groups in total. The Morgan fingerprint density at radius 1 is 1.18 bits per heavy atom. The van der Waals surface area contributed by atoms with Crippen molar-refractivity contribution in [3.8, 4) is 11.5 Å². The number of alkyl halides is 3. The van der Waals surface area contributed by atoms with Gasteiger partial charge in [0.25, 0.3) is 5.56 Å². The first-order valence-corrected chi connectivity index (χ1v) is 9.12. The summed E-state index contributed by atoms with van der Waals surface area (Å²) in [5.74, 6) is 0.0334. The van der Waals surface area contributed by atoms with Crippen LogP contribution in [0.1, 0.15) is 36.5 Å². The van der Waals surface area contributed by atoms with E-state index in [-0.39, 0.29) is 12.2 Å². The van der Waals surface area contributed by atoms with Gasteiger partial charge in [0.2, 0.25) is 5.82 Å². The lowest BCUT2D eigenvalue weighted by atomic mass is 10.1. The van der Waals surface area contributed by atoms with Crippen LogP contribution in [0.25, 0.3) is 0 Å². The minimum Gasteiger partial charge on any atom is -0.490 e. The Morgan fingerprint density at radius 3 is 2.57 bits per heavy atom. The standard InChI is InChI=1S/C19H22F3N3O3/c1-3-27-15-6-5-12(9-16(15)28-4-2)10-25-8-7-13-14(11-25)23-18(19(20,21)22)24-17(13)26/h5-6,9H,3-4,7-8,10-11H2,1-2H3,(H,23,24,26). The molecule has 152 valence electrons. The highest BCUT2D eigenvalue weighted by Gasteiger charge is 2.36. The van der Waals surface area contributed by atoms with Crippen LogP contribution in [0.15, 0.2) is 23.0 Å². The van der Waals surface area contributed by atoms with Gasteiger partial charge < -0.3 is 14.5 Å². The number of rotatable bonds is 6. The van der Waals surface area contributed by atoms with Crippen LogP contribution in [0, 0.1) is 0 Å². The molecule has 0 saturated carbocycles. The van der Waals surface area contributed by atoms with Crippen molar-refractivity contribution in [2.75, 3.05) is 19.8 Å². The third-order valence-corrected chi connectivity index (χ3v) is 4.44. The first-order chi connectivity index (χ1) is 13.3. The first kappa shape index (κ1) is 20.2. The molecule has 2 aromatic rings. The molecule has 1 aromatic heterocycles. The molecule has 0 amide bonds. The summed E-state index contributed by atoms with van der Waals surface area (Å²) in [6.45, 7) is 6.02. The van der Waals surface area contributed by atoms with E-state index in [2.05, 4.69) is 4.98 Å². The quantitative estimate of drug-likeness (QED) is 0.811. The van der Waals surface area contributed by atoms with Crippen LogP contribution in [0.3, 0.4) is 0 Å². The van der Waals surface area contributed by atoms with Crippen molar-refractivity contribution in [3.05, 3.63) is 51.2 Å². The molecule has 0 unspecified atom stereocenters. The molecule has 0 atom stereocenters. The van der Waals surface area contributed by atoms with E-state index >= 15 is 0 Å². The molecule has 2 heterocycles. The zero-order valence-corrected chi connectivity index (χ0v) is 15.7. The SMILES string of the molecule is CCOc1ccc(CN2CCc3c(nc(C(F)(F)F)[nH]c3=O)C2)cc1OCC. The molecular weight excluding hydrogens is 375 g/mol. The summed E-state index contributed by atoms with van der Waals surface area (Å²) in [6, 6.07) is 5.60. The summed E-state index contributed by atoms with van der Waals surface area (Å²) >= 11 is 0. The zero-order chi connectivity index (χ0) is 20.3. The fraction of sp³-hybridized carbons (Fsp3) is 0.474. The van der Waals surface area contributed by atoms with Crippen LogP contribution in [-0.4, -0.2) is 34.6 Å². The fourth-order valence-electron chi connectivity index (χ4n) is 3.22. The molecule has 0 aliphatic carbocycles. The molecule has 0 bridgehead atoms. The van der Waals surface area contributed by atoms with E-state index in [1.165, 1.54) is 0 Å². The smallest absolute Gasteiger partial charge is 0.449 e. The molecule has 1 aliphatic heterocycles. The van der Waals surface area contributed by atoms with Gasteiger partial charge in [0.15, 0.2) is 11.5 Å². The lowest BCUT2D eigenvalue weighted by Gasteiger charge is -2.28. The molecule has 0 spiro atoms. The Balaban J connectivity index is 1.80. The highest BCUT2D eigenvalue weighted by molar-refractivity contribution is 5.43. The predicted molar refractivity (Wildman–Crippen MR) is 96.5 cm³/mol. The second-order valence-corrected chi connectivity index (χ2v) is 6.45. The number of aromatic amines is 1. The normalized spacial score (nSPS) is 14.6. The number of H-pyrrole nitrogens is 1. The summed E-state index contributed by atoms with van der Waals surface area (Å²) in [7, 11) is 0. The van der Waals surface area contributed by atoms with Gasteiger partial charge in [-0.1, -0.05) is 6.07 Å². The van der Waals surface area contributed by atoms with Gasteiger partial charge >= 0.3 is 6.18 Å². The zero-order valence-electron chi connectivity index (χ0n) is 15.7.